The molecule has 0 atom stereocenters. The maximum atomic E-state index is 8.76. The molecule has 1 aromatic rings. The number of hydrogen-bond acceptors (Lipinski definition) is 3. The predicted octanol–water partition coefficient (Wildman–Crippen LogP) is 2.81. The standard InChI is InChI=1S/C11H16N4/c1-3-9(4-2)10(5-7-12)14-11-6-8-13-15-11/h6,8H,3-5H2,1-2H3,(H2,13,14,15). The number of H-pyrrole nitrogens is 1. The van der Waals surface area contributed by atoms with E-state index in [1.54, 1.807) is 6.20 Å². The smallest absolute Gasteiger partial charge is 0.125 e. The lowest BCUT2D eigenvalue weighted by atomic mass is 10.1. The van der Waals surface area contributed by atoms with E-state index in [-0.39, 0.29) is 0 Å². The van der Waals surface area contributed by atoms with Gasteiger partial charge in [-0.1, -0.05) is 19.4 Å². The monoisotopic (exact) mass is 204 g/mol. The summed E-state index contributed by atoms with van der Waals surface area (Å²) in [5.74, 6) is 0.833. The van der Waals surface area contributed by atoms with E-state index in [0.29, 0.717) is 6.42 Å². The molecule has 0 aliphatic heterocycles. The highest BCUT2D eigenvalue weighted by molar-refractivity contribution is 5.42. The molecule has 80 valence electrons. The maximum Gasteiger partial charge on any atom is 0.125 e. The molecule has 0 saturated heterocycles. The number of hydrogen-bond donors (Lipinski definition) is 2. The van der Waals surface area contributed by atoms with Gasteiger partial charge in [-0.2, -0.15) is 10.4 Å². The second-order valence-corrected chi connectivity index (χ2v) is 3.22. The summed E-state index contributed by atoms with van der Waals surface area (Å²) in [5, 5.41) is 18.6. The highest BCUT2D eigenvalue weighted by Crippen LogP contribution is 2.17. The van der Waals surface area contributed by atoms with Crippen molar-refractivity contribution in [2.75, 3.05) is 5.32 Å². The van der Waals surface area contributed by atoms with Crippen LogP contribution in [0.1, 0.15) is 33.1 Å². The summed E-state index contributed by atoms with van der Waals surface area (Å²) in [6, 6.07) is 4.02. The number of aromatic nitrogens is 2. The van der Waals surface area contributed by atoms with Crippen LogP contribution < -0.4 is 5.32 Å². The molecule has 0 saturated carbocycles. The summed E-state index contributed by atoms with van der Waals surface area (Å²) in [6.07, 6.45) is 4.03. The zero-order valence-electron chi connectivity index (χ0n) is 9.17. The van der Waals surface area contributed by atoms with E-state index in [4.69, 9.17) is 5.26 Å². The van der Waals surface area contributed by atoms with Crippen LogP contribution in [0, 0.1) is 11.3 Å². The van der Waals surface area contributed by atoms with Gasteiger partial charge in [-0.05, 0) is 12.8 Å². The Hall–Kier alpha value is -1.76. The number of anilines is 1. The fourth-order valence-corrected chi connectivity index (χ4v) is 1.50. The average Bonchev–Trinajstić information content (AvgIpc) is 2.72. The first-order valence-electron chi connectivity index (χ1n) is 5.16. The summed E-state index contributed by atoms with van der Waals surface area (Å²) in [4.78, 5) is 0. The van der Waals surface area contributed by atoms with Gasteiger partial charge in [0.05, 0.1) is 18.7 Å². The van der Waals surface area contributed by atoms with Gasteiger partial charge >= 0.3 is 0 Å². The molecule has 0 unspecified atom stereocenters. The van der Waals surface area contributed by atoms with Crippen LogP contribution in [0.5, 0.6) is 0 Å². The minimum Gasteiger partial charge on any atom is -0.343 e. The van der Waals surface area contributed by atoms with Gasteiger partial charge in [0.15, 0.2) is 0 Å². The van der Waals surface area contributed by atoms with E-state index in [0.717, 1.165) is 24.4 Å². The largest absolute Gasteiger partial charge is 0.343 e. The molecule has 1 heterocycles. The van der Waals surface area contributed by atoms with Crippen LogP contribution in [0.15, 0.2) is 23.5 Å². The molecule has 0 spiro atoms. The van der Waals surface area contributed by atoms with Crippen LogP contribution >= 0.6 is 0 Å². The van der Waals surface area contributed by atoms with Gasteiger partial charge in [-0.25, -0.2) is 0 Å². The van der Waals surface area contributed by atoms with Crippen LogP contribution in [0.2, 0.25) is 0 Å². The summed E-state index contributed by atoms with van der Waals surface area (Å²) in [6.45, 7) is 4.20. The van der Waals surface area contributed by atoms with E-state index in [1.165, 1.54) is 5.57 Å². The second-order valence-electron chi connectivity index (χ2n) is 3.22. The number of rotatable bonds is 5. The normalized spacial score (nSPS) is 9.40. The molecule has 0 amide bonds. The van der Waals surface area contributed by atoms with E-state index in [9.17, 15) is 0 Å². The van der Waals surface area contributed by atoms with Gasteiger partial charge in [0.25, 0.3) is 0 Å². The number of aromatic amines is 1. The van der Waals surface area contributed by atoms with Crippen molar-refractivity contribution in [3.8, 4) is 6.07 Å². The second kappa shape index (κ2) is 5.86. The van der Waals surface area contributed by atoms with Gasteiger partial charge in [0, 0.05) is 11.8 Å². The summed E-state index contributed by atoms with van der Waals surface area (Å²) in [5.41, 5.74) is 2.28. The van der Waals surface area contributed by atoms with Crippen molar-refractivity contribution in [3.05, 3.63) is 23.5 Å². The van der Waals surface area contributed by atoms with Crippen molar-refractivity contribution in [2.45, 2.75) is 33.1 Å². The Morgan fingerprint density at radius 1 is 1.53 bits per heavy atom. The van der Waals surface area contributed by atoms with Gasteiger partial charge in [0.1, 0.15) is 5.82 Å². The van der Waals surface area contributed by atoms with Gasteiger partial charge in [-0.3, -0.25) is 5.10 Å². The zero-order chi connectivity index (χ0) is 11.1. The van der Waals surface area contributed by atoms with E-state index in [2.05, 4.69) is 35.4 Å². The molecule has 0 aliphatic rings. The third-order valence-electron chi connectivity index (χ3n) is 2.32. The van der Waals surface area contributed by atoms with Crippen molar-refractivity contribution >= 4 is 5.82 Å². The molecule has 0 radical (unpaired) electrons. The van der Waals surface area contributed by atoms with Crippen molar-refractivity contribution in [1.82, 2.24) is 10.2 Å². The van der Waals surface area contributed by atoms with Gasteiger partial charge < -0.3 is 5.32 Å². The molecule has 0 bridgehead atoms. The highest BCUT2D eigenvalue weighted by atomic mass is 15.2. The quantitative estimate of drug-likeness (QED) is 0.775. The maximum absolute atomic E-state index is 8.76. The molecule has 2 N–H and O–H groups in total. The molecular weight excluding hydrogens is 188 g/mol. The first kappa shape index (κ1) is 11.3. The van der Waals surface area contributed by atoms with Crippen LogP contribution in [0.4, 0.5) is 5.82 Å². The lowest BCUT2D eigenvalue weighted by molar-refractivity contribution is 0.929. The number of allylic oxidation sites excluding steroid dienone is 2. The summed E-state index contributed by atoms with van der Waals surface area (Å²) in [7, 11) is 0. The third-order valence-corrected chi connectivity index (χ3v) is 2.32. The Bertz CT molecular complexity index is 350. The van der Waals surface area contributed by atoms with E-state index < -0.39 is 0 Å². The molecular formula is C11H16N4. The molecule has 4 heteroatoms. The van der Waals surface area contributed by atoms with Crippen molar-refractivity contribution < 1.29 is 0 Å². The van der Waals surface area contributed by atoms with Crippen LogP contribution in [0.25, 0.3) is 0 Å². The van der Waals surface area contributed by atoms with E-state index in [1.807, 2.05) is 6.07 Å². The minimum absolute atomic E-state index is 0.413. The Morgan fingerprint density at radius 3 is 2.73 bits per heavy atom. The van der Waals surface area contributed by atoms with Gasteiger partial charge in [0.2, 0.25) is 0 Å². The fourth-order valence-electron chi connectivity index (χ4n) is 1.50. The number of nitrogens with zero attached hydrogens (tertiary/aromatic N) is 2. The lowest BCUT2D eigenvalue weighted by Crippen LogP contribution is -2.03. The number of nitriles is 1. The molecule has 15 heavy (non-hydrogen) atoms. The number of nitrogens with one attached hydrogen (secondary N) is 2. The topological polar surface area (TPSA) is 64.5 Å². The van der Waals surface area contributed by atoms with Crippen LogP contribution in [-0.2, 0) is 0 Å². The van der Waals surface area contributed by atoms with Crippen LogP contribution in [0.3, 0.4) is 0 Å². The average molecular weight is 204 g/mol. The Balaban J connectivity index is 2.83. The summed E-state index contributed by atoms with van der Waals surface area (Å²) < 4.78 is 0. The molecule has 4 nitrogen and oxygen atoms in total. The minimum atomic E-state index is 0.413. The molecule has 1 rings (SSSR count). The summed E-state index contributed by atoms with van der Waals surface area (Å²) >= 11 is 0. The first-order chi connectivity index (χ1) is 7.31. The van der Waals surface area contributed by atoms with Crippen molar-refractivity contribution in [2.24, 2.45) is 0 Å². The van der Waals surface area contributed by atoms with Gasteiger partial charge in [-0.15, -0.1) is 0 Å². The molecule has 1 aromatic heterocycles. The Morgan fingerprint density at radius 2 is 2.27 bits per heavy atom. The zero-order valence-corrected chi connectivity index (χ0v) is 9.17. The van der Waals surface area contributed by atoms with Crippen LogP contribution in [-0.4, -0.2) is 10.2 Å². The molecule has 0 aromatic carbocycles. The van der Waals surface area contributed by atoms with E-state index >= 15 is 0 Å². The van der Waals surface area contributed by atoms with Crippen molar-refractivity contribution in [3.63, 3.8) is 0 Å². The Kier molecular flexibility index (Phi) is 4.42. The fraction of sp³-hybridized carbons (Fsp3) is 0.455. The lowest BCUT2D eigenvalue weighted by Gasteiger charge is -2.11. The predicted molar refractivity (Wildman–Crippen MR) is 60.0 cm³/mol. The molecule has 0 aliphatic carbocycles. The third kappa shape index (κ3) is 3.13. The molecule has 0 fully saturated rings. The SMILES string of the molecule is CCC(CC)=C(CC#N)Nc1ccn[nH]1. The first-order valence-corrected chi connectivity index (χ1v) is 5.16. The Labute approximate surface area is 90.0 Å². The highest BCUT2D eigenvalue weighted by Gasteiger charge is 2.04. The van der Waals surface area contributed by atoms with Crippen molar-refractivity contribution in [1.29, 1.82) is 5.26 Å².